The van der Waals surface area contributed by atoms with Crippen molar-refractivity contribution < 1.29 is 13.2 Å². The number of rotatable bonds is 6. The van der Waals surface area contributed by atoms with Gasteiger partial charge in [0.15, 0.2) is 0 Å². The van der Waals surface area contributed by atoms with E-state index in [9.17, 15) is 13.2 Å². The molecule has 1 saturated carbocycles. The first-order valence-corrected chi connectivity index (χ1v) is 9.68. The molecule has 2 N–H and O–H groups in total. The van der Waals surface area contributed by atoms with Gasteiger partial charge < -0.3 is 10.6 Å². The van der Waals surface area contributed by atoms with Crippen molar-refractivity contribution in [3.8, 4) is 0 Å². The smallest absolute Gasteiger partial charge is 0.315 e. The lowest BCUT2D eigenvalue weighted by molar-refractivity contribution is 0.237. The van der Waals surface area contributed by atoms with Crippen LogP contribution in [0.5, 0.6) is 0 Å². The van der Waals surface area contributed by atoms with Crippen molar-refractivity contribution in [3.63, 3.8) is 0 Å². The normalized spacial score (nSPS) is 22.0. The number of urea groups is 1. The summed E-state index contributed by atoms with van der Waals surface area (Å²) in [7, 11) is -3.00. The van der Waals surface area contributed by atoms with Crippen molar-refractivity contribution in [2.45, 2.75) is 37.8 Å². The van der Waals surface area contributed by atoms with Gasteiger partial charge in [0.2, 0.25) is 0 Å². The number of benzene rings is 1. The molecule has 3 unspecified atom stereocenters. The maximum atomic E-state index is 11.9. The van der Waals surface area contributed by atoms with Gasteiger partial charge in [0.1, 0.15) is 9.84 Å². The molecule has 1 fully saturated rings. The van der Waals surface area contributed by atoms with E-state index in [-0.39, 0.29) is 23.9 Å². The summed E-state index contributed by atoms with van der Waals surface area (Å²) in [6, 6.07) is 7.33. The second kappa shape index (κ2) is 6.87. The van der Waals surface area contributed by atoms with Gasteiger partial charge in [0.25, 0.3) is 0 Å². The van der Waals surface area contributed by atoms with Gasteiger partial charge in [0, 0.05) is 29.3 Å². The lowest BCUT2D eigenvalue weighted by atomic mass is 10.1. The number of hydrogen-bond donors (Lipinski definition) is 2. The van der Waals surface area contributed by atoms with Crippen LogP contribution in [0.3, 0.4) is 0 Å². The molecule has 0 radical (unpaired) electrons. The Hall–Kier alpha value is -1.27. The quantitative estimate of drug-likeness (QED) is 0.831. The average molecular weight is 345 g/mol. The molecule has 2 amide bonds. The van der Waals surface area contributed by atoms with Crippen LogP contribution in [0.15, 0.2) is 24.3 Å². The van der Waals surface area contributed by atoms with Crippen molar-refractivity contribution in [3.05, 3.63) is 34.9 Å². The summed E-state index contributed by atoms with van der Waals surface area (Å²) in [5.41, 5.74) is 1.13. The Kier molecular flexibility index (Phi) is 5.34. The van der Waals surface area contributed by atoms with Crippen molar-refractivity contribution >= 4 is 27.5 Å². The van der Waals surface area contributed by atoms with Gasteiger partial charge in [-0.2, -0.15) is 0 Å². The number of sulfone groups is 1. The molecule has 0 saturated heterocycles. The highest BCUT2D eigenvalue weighted by Crippen LogP contribution is 2.41. The SMILES string of the molecule is CC(CCS(C)(=O)=O)NC(=O)NC1CC1c1cccc(Cl)c1. The third kappa shape index (κ3) is 5.50. The minimum Gasteiger partial charge on any atom is -0.336 e. The molecule has 0 bridgehead atoms. The standard InChI is InChI=1S/C15H21ClN2O3S/c1-10(6-7-22(2,20)21)17-15(19)18-14-9-13(14)11-4-3-5-12(16)8-11/h3-5,8,10,13-14H,6-7,9H2,1-2H3,(H2,17,18,19). The zero-order chi connectivity index (χ0) is 16.3. The third-order valence-corrected chi connectivity index (χ3v) is 4.90. The Labute approximate surface area is 136 Å². The van der Waals surface area contributed by atoms with Crippen LogP contribution in [0.4, 0.5) is 4.79 Å². The molecule has 7 heteroatoms. The fourth-order valence-corrected chi connectivity index (χ4v) is 3.34. The van der Waals surface area contributed by atoms with E-state index in [1.165, 1.54) is 6.26 Å². The second-order valence-electron chi connectivity index (χ2n) is 5.94. The lowest BCUT2D eigenvalue weighted by Crippen LogP contribution is -2.42. The molecule has 1 aliphatic carbocycles. The van der Waals surface area contributed by atoms with Crippen molar-refractivity contribution in [1.82, 2.24) is 10.6 Å². The van der Waals surface area contributed by atoms with Gasteiger partial charge in [-0.3, -0.25) is 0 Å². The molecule has 0 heterocycles. The number of nitrogens with one attached hydrogen (secondary N) is 2. The summed E-state index contributed by atoms with van der Waals surface area (Å²) in [4.78, 5) is 11.9. The average Bonchev–Trinajstić information content (AvgIpc) is 3.14. The van der Waals surface area contributed by atoms with E-state index in [1.807, 2.05) is 24.3 Å². The number of carbonyl (C=O) groups excluding carboxylic acids is 1. The highest BCUT2D eigenvalue weighted by molar-refractivity contribution is 7.90. The number of carbonyl (C=O) groups is 1. The van der Waals surface area contributed by atoms with Crippen LogP contribution >= 0.6 is 11.6 Å². The Bertz CT molecular complexity index is 648. The zero-order valence-corrected chi connectivity index (χ0v) is 14.2. The maximum Gasteiger partial charge on any atom is 0.315 e. The van der Waals surface area contributed by atoms with Gasteiger partial charge in [-0.05, 0) is 37.5 Å². The molecule has 1 aromatic rings. The van der Waals surface area contributed by atoms with E-state index in [1.54, 1.807) is 6.92 Å². The molecular formula is C15H21ClN2O3S. The van der Waals surface area contributed by atoms with Crippen LogP contribution in [0.25, 0.3) is 0 Å². The van der Waals surface area contributed by atoms with Gasteiger partial charge >= 0.3 is 6.03 Å². The minimum absolute atomic E-state index is 0.0724. The minimum atomic E-state index is -3.00. The monoisotopic (exact) mass is 344 g/mol. The molecule has 0 aliphatic heterocycles. The van der Waals surface area contributed by atoms with Gasteiger partial charge in [-0.1, -0.05) is 23.7 Å². The molecule has 122 valence electrons. The van der Waals surface area contributed by atoms with E-state index in [0.717, 1.165) is 12.0 Å². The van der Waals surface area contributed by atoms with E-state index < -0.39 is 9.84 Å². The summed E-state index contributed by atoms with van der Waals surface area (Å²) < 4.78 is 22.2. The van der Waals surface area contributed by atoms with Crippen molar-refractivity contribution in [2.75, 3.05) is 12.0 Å². The molecule has 5 nitrogen and oxygen atoms in total. The van der Waals surface area contributed by atoms with Crippen LogP contribution in [0.2, 0.25) is 5.02 Å². The molecule has 0 spiro atoms. The van der Waals surface area contributed by atoms with Crippen LogP contribution in [-0.2, 0) is 9.84 Å². The first kappa shape index (κ1) is 17.1. The Morgan fingerprint density at radius 3 is 2.82 bits per heavy atom. The number of halogens is 1. The fraction of sp³-hybridized carbons (Fsp3) is 0.533. The largest absolute Gasteiger partial charge is 0.336 e. The van der Waals surface area contributed by atoms with Crippen LogP contribution in [0, 0.1) is 0 Å². The van der Waals surface area contributed by atoms with E-state index in [0.29, 0.717) is 17.4 Å². The molecule has 22 heavy (non-hydrogen) atoms. The summed E-state index contributed by atoms with van der Waals surface area (Å²) >= 11 is 5.96. The first-order valence-electron chi connectivity index (χ1n) is 7.25. The van der Waals surface area contributed by atoms with E-state index in [2.05, 4.69) is 10.6 Å². The van der Waals surface area contributed by atoms with Crippen LogP contribution in [0.1, 0.15) is 31.2 Å². The van der Waals surface area contributed by atoms with Crippen LogP contribution < -0.4 is 10.6 Å². The zero-order valence-electron chi connectivity index (χ0n) is 12.7. The van der Waals surface area contributed by atoms with Gasteiger partial charge in [-0.15, -0.1) is 0 Å². The Morgan fingerprint density at radius 1 is 1.45 bits per heavy atom. The van der Waals surface area contributed by atoms with Crippen molar-refractivity contribution in [2.24, 2.45) is 0 Å². The first-order chi connectivity index (χ1) is 10.2. The van der Waals surface area contributed by atoms with Crippen molar-refractivity contribution in [1.29, 1.82) is 0 Å². The summed E-state index contributed by atoms with van der Waals surface area (Å²) in [5, 5.41) is 6.37. The van der Waals surface area contributed by atoms with E-state index in [4.69, 9.17) is 11.6 Å². The van der Waals surface area contributed by atoms with E-state index >= 15 is 0 Å². The molecule has 1 aromatic carbocycles. The highest BCUT2D eigenvalue weighted by atomic mass is 35.5. The molecule has 1 aliphatic rings. The number of hydrogen-bond acceptors (Lipinski definition) is 3. The van der Waals surface area contributed by atoms with Gasteiger partial charge in [0.05, 0.1) is 5.75 Å². The predicted molar refractivity (Wildman–Crippen MR) is 88.1 cm³/mol. The summed E-state index contributed by atoms with van der Waals surface area (Å²) in [5.74, 6) is 0.374. The van der Waals surface area contributed by atoms with Crippen LogP contribution in [-0.4, -0.2) is 38.5 Å². The topological polar surface area (TPSA) is 75.3 Å². The summed E-state index contributed by atoms with van der Waals surface area (Å²) in [6.07, 6.45) is 2.50. The fourth-order valence-electron chi connectivity index (χ4n) is 2.36. The summed E-state index contributed by atoms with van der Waals surface area (Å²) in [6.45, 7) is 1.80. The maximum absolute atomic E-state index is 11.9. The lowest BCUT2D eigenvalue weighted by Gasteiger charge is -2.14. The molecular weight excluding hydrogens is 324 g/mol. The molecule has 0 aromatic heterocycles. The highest BCUT2D eigenvalue weighted by Gasteiger charge is 2.39. The second-order valence-corrected chi connectivity index (χ2v) is 8.64. The predicted octanol–water partition coefficient (Wildman–Crippen LogP) is 2.32. The third-order valence-electron chi connectivity index (χ3n) is 3.68. The Balaban J connectivity index is 1.75. The molecule has 3 atom stereocenters. The number of amides is 2. The molecule has 2 rings (SSSR count). The van der Waals surface area contributed by atoms with Gasteiger partial charge in [-0.25, -0.2) is 13.2 Å². The Morgan fingerprint density at radius 2 is 2.18 bits per heavy atom.